The summed E-state index contributed by atoms with van der Waals surface area (Å²) in [7, 11) is -3.17. The van der Waals surface area contributed by atoms with Crippen molar-refractivity contribution < 1.29 is 13.2 Å². The van der Waals surface area contributed by atoms with Gasteiger partial charge in [0.15, 0.2) is 0 Å². The molecule has 0 N–H and O–H groups in total. The number of pyridine rings is 1. The second-order valence-electron chi connectivity index (χ2n) is 6.53. The lowest BCUT2D eigenvalue weighted by Crippen LogP contribution is -2.48. The molecular weight excluding hydrogens is 364 g/mol. The van der Waals surface area contributed by atoms with Crippen molar-refractivity contribution in [2.24, 2.45) is 0 Å². The maximum atomic E-state index is 12.5. The van der Waals surface area contributed by atoms with Gasteiger partial charge in [-0.2, -0.15) is 4.31 Å². The largest absolute Gasteiger partial charge is 0.353 e. The second-order valence-corrected chi connectivity index (χ2v) is 8.92. The van der Waals surface area contributed by atoms with Gasteiger partial charge >= 0.3 is 0 Å². The first-order chi connectivity index (χ1) is 11.9. The number of piperazine rings is 1. The fraction of sp³-hybridized carbons (Fsp3) is 0.625. The minimum atomic E-state index is -3.17. The first-order valence-corrected chi connectivity index (χ1v) is 10.7. The van der Waals surface area contributed by atoms with Gasteiger partial charge in [-0.15, -0.1) is 0 Å². The van der Waals surface area contributed by atoms with Gasteiger partial charge in [-0.25, -0.2) is 13.4 Å². The summed E-state index contributed by atoms with van der Waals surface area (Å²) in [4.78, 5) is 20.7. The third kappa shape index (κ3) is 4.24. The van der Waals surface area contributed by atoms with E-state index < -0.39 is 10.0 Å². The Hall–Kier alpha value is -1.38. The van der Waals surface area contributed by atoms with Crippen molar-refractivity contribution in [3.8, 4) is 0 Å². The third-order valence-corrected chi connectivity index (χ3v) is 6.30. The van der Waals surface area contributed by atoms with Gasteiger partial charge in [-0.05, 0) is 25.3 Å². The van der Waals surface area contributed by atoms with Crippen LogP contribution < -0.4 is 4.90 Å². The summed E-state index contributed by atoms with van der Waals surface area (Å²) >= 11 is 6.37. The van der Waals surface area contributed by atoms with Crippen molar-refractivity contribution >= 4 is 33.3 Å². The highest BCUT2D eigenvalue weighted by Gasteiger charge is 2.26. The molecule has 9 heteroatoms. The number of carbonyl (C=O) groups is 1. The number of sulfonamides is 1. The highest BCUT2D eigenvalue weighted by atomic mass is 35.5. The summed E-state index contributed by atoms with van der Waals surface area (Å²) in [5.41, 5.74) is 0.505. The number of carbonyl (C=O) groups excluding carboxylic acids is 1. The fourth-order valence-electron chi connectivity index (χ4n) is 3.29. The van der Waals surface area contributed by atoms with Gasteiger partial charge < -0.3 is 9.80 Å². The molecule has 0 saturated carbocycles. The van der Waals surface area contributed by atoms with Crippen molar-refractivity contribution in [3.63, 3.8) is 0 Å². The van der Waals surface area contributed by atoms with Gasteiger partial charge in [0.2, 0.25) is 10.0 Å². The molecule has 3 heterocycles. The van der Waals surface area contributed by atoms with E-state index in [1.807, 2.05) is 9.80 Å². The average Bonchev–Trinajstić information content (AvgIpc) is 2.61. The number of piperidine rings is 1. The molecule has 0 radical (unpaired) electrons. The highest BCUT2D eigenvalue weighted by Crippen LogP contribution is 2.26. The highest BCUT2D eigenvalue weighted by molar-refractivity contribution is 7.88. The maximum absolute atomic E-state index is 12.5. The van der Waals surface area contributed by atoms with Crippen LogP contribution in [0.3, 0.4) is 0 Å². The van der Waals surface area contributed by atoms with Gasteiger partial charge in [0.05, 0.1) is 16.8 Å². The summed E-state index contributed by atoms with van der Waals surface area (Å²) in [6.45, 7) is 3.44. The molecule has 0 bridgehead atoms. The second kappa shape index (κ2) is 7.47. The summed E-state index contributed by atoms with van der Waals surface area (Å²) in [6.07, 6.45) is 6.03. The Bertz CT molecular complexity index is 742. The molecule has 2 aliphatic rings. The first kappa shape index (κ1) is 18.4. The third-order valence-electron chi connectivity index (χ3n) is 4.72. The van der Waals surface area contributed by atoms with Crippen LogP contribution >= 0.6 is 11.6 Å². The standard InChI is InChI=1S/C16H23ClN4O3S/c1-25(23,24)21-9-7-19(8-10-21)15-14(17)11-13(12-18-15)16(22)20-5-3-2-4-6-20/h11-12H,2-10H2,1H3. The van der Waals surface area contributed by atoms with Gasteiger partial charge in [0.1, 0.15) is 5.82 Å². The minimum absolute atomic E-state index is 0.0254. The van der Waals surface area contributed by atoms with Crippen molar-refractivity contribution in [2.75, 3.05) is 50.4 Å². The van der Waals surface area contributed by atoms with E-state index in [0.29, 0.717) is 42.6 Å². The molecule has 7 nitrogen and oxygen atoms in total. The monoisotopic (exact) mass is 386 g/mol. The molecule has 0 aromatic carbocycles. The number of rotatable bonds is 3. The topological polar surface area (TPSA) is 73.8 Å². The minimum Gasteiger partial charge on any atom is -0.353 e. The van der Waals surface area contributed by atoms with Crippen LogP contribution in [0.4, 0.5) is 5.82 Å². The molecule has 1 amide bonds. The van der Waals surface area contributed by atoms with Gasteiger partial charge in [0, 0.05) is 45.5 Å². The van der Waals surface area contributed by atoms with Crippen molar-refractivity contribution in [1.82, 2.24) is 14.2 Å². The van der Waals surface area contributed by atoms with Crippen LogP contribution in [-0.2, 0) is 10.0 Å². The molecule has 2 fully saturated rings. The normalized spacial score (nSPS) is 19.9. The van der Waals surface area contributed by atoms with Crippen molar-refractivity contribution in [1.29, 1.82) is 0 Å². The number of hydrogen-bond donors (Lipinski definition) is 0. The van der Waals surface area contributed by atoms with E-state index in [0.717, 1.165) is 25.9 Å². The SMILES string of the molecule is CS(=O)(=O)N1CCN(c2ncc(C(=O)N3CCCCC3)cc2Cl)CC1. The summed E-state index contributed by atoms with van der Waals surface area (Å²) in [5, 5.41) is 0.427. The Morgan fingerprint density at radius 3 is 2.28 bits per heavy atom. The summed E-state index contributed by atoms with van der Waals surface area (Å²) < 4.78 is 24.6. The maximum Gasteiger partial charge on any atom is 0.255 e. The van der Waals surface area contributed by atoms with E-state index in [1.165, 1.54) is 17.0 Å². The number of likely N-dealkylation sites (tertiary alicyclic amines) is 1. The van der Waals surface area contributed by atoms with Crippen molar-refractivity contribution in [2.45, 2.75) is 19.3 Å². The Balaban J connectivity index is 1.69. The van der Waals surface area contributed by atoms with Crippen molar-refractivity contribution in [3.05, 3.63) is 22.8 Å². The quantitative estimate of drug-likeness (QED) is 0.785. The van der Waals surface area contributed by atoms with Gasteiger partial charge in [0.25, 0.3) is 5.91 Å². The van der Waals surface area contributed by atoms with Gasteiger partial charge in [-0.3, -0.25) is 4.79 Å². The zero-order valence-electron chi connectivity index (χ0n) is 14.3. The zero-order valence-corrected chi connectivity index (χ0v) is 15.9. The van der Waals surface area contributed by atoms with E-state index in [-0.39, 0.29) is 5.91 Å². The smallest absolute Gasteiger partial charge is 0.255 e. The number of amides is 1. The van der Waals surface area contributed by atoms with Crippen LogP contribution in [0.5, 0.6) is 0 Å². The molecule has 2 aliphatic heterocycles. The number of hydrogen-bond acceptors (Lipinski definition) is 5. The predicted octanol–water partition coefficient (Wildman–Crippen LogP) is 1.44. The molecule has 1 aromatic heterocycles. The molecule has 25 heavy (non-hydrogen) atoms. The first-order valence-electron chi connectivity index (χ1n) is 8.51. The Morgan fingerprint density at radius 2 is 1.72 bits per heavy atom. The predicted molar refractivity (Wildman–Crippen MR) is 97.6 cm³/mol. The number of anilines is 1. The molecule has 0 aliphatic carbocycles. The average molecular weight is 387 g/mol. The van der Waals surface area contributed by atoms with Crippen LogP contribution in [0.15, 0.2) is 12.3 Å². The van der Waals surface area contributed by atoms with Crippen LogP contribution in [0, 0.1) is 0 Å². The Labute approximate surface area is 153 Å². The molecule has 0 unspecified atom stereocenters. The molecular formula is C16H23ClN4O3S. The fourth-order valence-corrected chi connectivity index (χ4v) is 4.40. The number of halogens is 1. The summed E-state index contributed by atoms with van der Waals surface area (Å²) in [6, 6.07) is 1.67. The van der Waals surface area contributed by atoms with Crippen LogP contribution in [0.2, 0.25) is 5.02 Å². The van der Waals surface area contributed by atoms with Gasteiger partial charge in [-0.1, -0.05) is 11.6 Å². The van der Waals surface area contributed by atoms with E-state index in [2.05, 4.69) is 4.98 Å². The Kier molecular flexibility index (Phi) is 5.50. The molecule has 2 saturated heterocycles. The Morgan fingerprint density at radius 1 is 1.08 bits per heavy atom. The number of aromatic nitrogens is 1. The molecule has 3 rings (SSSR count). The molecule has 138 valence electrons. The molecule has 0 atom stereocenters. The van der Waals surface area contributed by atoms with E-state index >= 15 is 0 Å². The lowest BCUT2D eigenvalue weighted by Gasteiger charge is -2.34. The lowest BCUT2D eigenvalue weighted by atomic mass is 10.1. The molecule has 0 spiro atoms. The summed E-state index contributed by atoms with van der Waals surface area (Å²) in [5.74, 6) is 0.576. The molecule has 1 aromatic rings. The van der Waals surface area contributed by atoms with E-state index in [1.54, 1.807) is 12.3 Å². The van der Waals surface area contributed by atoms with E-state index in [4.69, 9.17) is 11.6 Å². The zero-order chi connectivity index (χ0) is 18.0. The number of nitrogens with zero attached hydrogens (tertiary/aromatic N) is 4. The van der Waals surface area contributed by atoms with Crippen LogP contribution in [0.1, 0.15) is 29.6 Å². The van der Waals surface area contributed by atoms with Crippen LogP contribution in [0.25, 0.3) is 0 Å². The van der Waals surface area contributed by atoms with E-state index in [9.17, 15) is 13.2 Å². The van der Waals surface area contributed by atoms with Crippen LogP contribution in [-0.4, -0.2) is 74.0 Å². The lowest BCUT2D eigenvalue weighted by molar-refractivity contribution is 0.0724.